The molecule has 1 amide bonds. The number of hydrogen-bond acceptors (Lipinski definition) is 7. The molecule has 0 bridgehead atoms. The van der Waals surface area contributed by atoms with Gasteiger partial charge in [-0.25, -0.2) is 9.78 Å². The van der Waals surface area contributed by atoms with Crippen molar-refractivity contribution in [1.29, 1.82) is 0 Å². The molecule has 0 atom stereocenters. The van der Waals surface area contributed by atoms with E-state index < -0.39 is 0 Å². The summed E-state index contributed by atoms with van der Waals surface area (Å²) in [4.78, 5) is 33.1. The molecule has 1 aliphatic rings. The molecule has 0 radical (unpaired) electrons. The van der Waals surface area contributed by atoms with Crippen LogP contribution in [-0.4, -0.2) is 37.9 Å². The predicted octanol–water partition coefficient (Wildman–Crippen LogP) is 2.06. The Morgan fingerprint density at radius 3 is 2.96 bits per heavy atom. The molecule has 2 aromatic heterocycles. The molecule has 0 saturated heterocycles. The average molecular weight is 403 g/mol. The van der Waals surface area contributed by atoms with E-state index in [9.17, 15) is 9.59 Å². The summed E-state index contributed by atoms with van der Waals surface area (Å²) in [7, 11) is 0. The van der Waals surface area contributed by atoms with E-state index in [2.05, 4.69) is 15.3 Å². The Bertz CT molecular complexity index is 1030. The van der Waals surface area contributed by atoms with Crippen LogP contribution in [0.25, 0.3) is 10.2 Å². The molecular weight excluding hydrogens is 384 g/mol. The average Bonchev–Trinajstić information content (AvgIpc) is 3.29. The first kappa shape index (κ1) is 18.1. The van der Waals surface area contributed by atoms with E-state index in [4.69, 9.17) is 5.11 Å². The lowest BCUT2D eigenvalue weighted by Crippen LogP contribution is -2.28. The monoisotopic (exact) mass is 402 g/mol. The molecule has 4 rings (SSSR count). The Hall–Kier alpha value is -2.23. The maximum absolute atomic E-state index is 12.3. The smallest absolute Gasteiger partial charge is 0.348 e. The van der Waals surface area contributed by atoms with Crippen molar-refractivity contribution in [3.8, 4) is 0 Å². The highest BCUT2D eigenvalue weighted by molar-refractivity contribution is 8.00. The zero-order valence-electron chi connectivity index (χ0n) is 14.5. The number of carbonyl (C=O) groups is 1. The number of para-hydroxylation sites is 1. The van der Waals surface area contributed by atoms with Gasteiger partial charge in [0.25, 0.3) is 0 Å². The minimum Gasteiger partial charge on any atom is -0.395 e. The Morgan fingerprint density at radius 1 is 1.30 bits per heavy atom. The quantitative estimate of drug-likeness (QED) is 0.484. The molecule has 2 N–H and O–H groups in total. The van der Waals surface area contributed by atoms with Gasteiger partial charge in [-0.1, -0.05) is 35.2 Å². The zero-order chi connectivity index (χ0) is 18.8. The second-order valence-corrected chi connectivity index (χ2v) is 8.17. The summed E-state index contributed by atoms with van der Waals surface area (Å²) in [6, 6.07) is 7.72. The summed E-state index contributed by atoms with van der Waals surface area (Å²) in [6.07, 6.45) is 2.60. The Balaban J connectivity index is 1.47. The van der Waals surface area contributed by atoms with Gasteiger partial charge in [0.15, 0.2) is 5.13 Å². The van der Waals surface area contributed by atoms with Crippen molar-refractivity contribution in [2.45, 2.75) is 30.8 Å². The SMILES string of the molecule is O=C(CSc1nc(=O)n(CCO)c2c1CCC2)Nc1nc2ccccc2s1. The number of benzene rings is 1. The molecule has 0 spiro atoms. The number of carbonyl (C=O) groups excluding carboxylic acids is 1. The van der Waals surface area contributed by atoms with Gasteiger partial charge in [-0.2, -0.15) is 4.98 Å². The first-order chi connectivity index (χ1) is 13.2. The van der Waals surface area contributed by atoms with Crippen LogP contribution in [0, 0.1) is 0 Å². The number of aliphatic hydroxyl groups is 1. The molecule has 9 heteroatoms. The molecule has 1 aromatic carbocycles. The van der Waals surface area contributed by atoms with Crippen molar-refractivity contribution >= 4 is 44.4 Å². The molecule has 0 saturated carbocycles. The number of hydrogen-bond donors (Lipinski definition) is 2. The second kappa shape index (κ2) is 7.79. The summed E-state index contributed by atoms with van der Waals surface area (Å²) in [5.41, 5.74) is 2.47. The molecule has 27 heavy (non-hydrogen) atoms. The number of nitrogens with zero attached hydrogens (tertiary/aromatic N) is 3. The van der Waals surface area contributed by atoms with Gasteiger partial charge in [-0.15, -0.1) is 0 Å². The van der Waals surface area contributed by atoms with Crippen LogP contribution in [0.5, 0.6) is 0 Å². The number of aromatic nitrogens is 3. The minimum absolute atomic E-state index is 0.0922. The van der Waals surface area contributed by atoms with E-state index in [1.165, 1.54) is 23.1 Å². The van der Waals surface area contributed by atoms with E-state index in [1.54, 1.807) is 4.57 Å². The van der Waals surface area contributed by atoms with Gasteiger partial charge in [0.1, 0.15) is 5.03 Å². The van der Waals surface area contributed by atoms with Gasteiger partial charge in [0, 0.05) is 11.3 Å². The van der Waals surface area contributed by atoms with Gasteiger partial charge in [0.2, 0.25) is 5.91 Å². The normalized spacial score (nSPS) is 13.1. The highest BCUT2D eigenvalue weighted by Gasteiger charge is 2.22. The summed E-state index contributed by atoms with van der Waals surface area (Å²) >= 11 is 2.71. The van der Waals surface area contributed by atoms with Gasteiger partial charge >= 0.3 is 5.69 Å². The molecule has 140 valence electrons. The molecule has 1 aliphatic carbocycles. The van der Waals surface area contributed by atoms with Crippen molar-refractivity contribution in [1.82, 2.24) is 14.5 Å². The van der Waals surface area contributed by atoms with Crippen LogP contribution in [0.4, 0.5) is 5.13 Å². The fourth-order valence-electron chi connectivity index (χ4n) is 3.25. The third-order valence-corrected chi connectivity index (χ3v) is 6.37. The Morgan fingerprint density at radius 2 is 2.15 bits per heavy atom. The summed E-state index contributed by atoms with van der Waals surface area (Å²) in [6.45, 7) is 0.169. The molecule has 2 heterocycles. The van der Waals surface area contributed by atoms with Crippen LogP contribution in [0.15, 0.2) is 34.1 Å². The zero-order valence-corrected chi connectivity index (χ0v) is 16.1. The summed E-state index contributed by atoms with van der Waals surface area (Å²) in [5.74, 6) is -0.00845. The van der Waals surface area contributed by atoms with Gasteiger partial charge < -0.3 is 10.4 Å². The first-order valence-electron chi connectivity index (χ1n) is 8.67. The Kier molecular flexibility index (Phi) is 5.24. The predicted molar refractivity (Wildman–Crippen MR) is 107 cm³/mol. The number of aliphatic hydroxyl groups excluding tert-OH is 1. The van der Waals surface area contributed by atoms with Crippen LogP contribution < -0.4 is 11.0 Å². The summed E-state index contributed by atoms with van der Waals surface area (Å²) in [5, 5.41) is 13.2. The molecule has 3 aromatic rings. The number of thioether (sulfide) groups is 1. The number of fused-ring (bicyclic) bond motifs is 2. The Labute approximate surface area is 163 Å². The number of thiazole rings is 1. The third kappa shape index (κ3) is 3.76. The van der Waals surface area contributed by atoms with E-state index >= 15 is 0 Å². The van der Waals surface area contributed by atoms with E-state index in [-0.39, 0.29) is 30.5 Å². The van der Waals surface area contributed by atoms with E-state index in [1.807, 2.05) is 24.3 Å². The third-order valence-electron chi connectivity index (χ3n) is 4.40. The molecule has 7 nitrogen and oxygen atoms in total. The molecule has 0 unspecified atom stereocenters. The second-order valence-electron chi connectivity index (χ2n) is 6.18. The number of anilines is 1. The highest BCUT2D eigenvalue weighted by Crippen LogP contribution is 2.30. The topological polar surface area (TPSA) is 97.1 Å². The highest BCUT2D eigenvalue weighted by atomic mass is 32.2. The van der Waals surface area contributed by atoms with Gasteiger partial charge in [0.05, 0.1) is 29.1 Å². The summed E-state index contributed by atoms with van der Waals surface area (Å²) < 4.78 is 2.57. The van der Waals surface area contributed by atoms with Gasteiger partial charge in [-0.05, 0) is 31.4 Å². The molecule has 0 fully saturated rings. The lowest BCUT2D eigenvalue weighted by molar-refractivity contribution is -0.113. The largest absolute Gasteiger partial charge is 0.395 e. The lowest BCUT2D eigenvalue weighted by Gasteiger charge is -2.12. The van der Waals surface area contributed by atoms with Crippen molar-refractivity contribution < 1.29 is 9.90 Å². The van der Waals surface area contributed by atoms with Crippen LogP contribution in [-0.2, 0) is 24.2 Å². The van der Waals surface area contributed by atoms with Crippen LogP contribution in [0.2, 0.25) is 0 Å². The van der Waals surface area contributed by atoms with Crippen molar-refractivity contribution in [3.63, 3.8) is 0 Å². The van der Waals surface area contributed by atoms with Gasteiger partial charge in [-0.3, -0.25) is 9.36 Å². The lowest BCUT2D eigenvalue weighted by atomic mass is 10.2. The number of amides is 1. The van der Waals surface area contributed by atoms with Crippen molar-refractivity contribution in [2.75, 3.05) is 17.7 Å². The van der Waals surface area contributed by atoms with E-state index in [0.29, 0.717) is 10.2 Å². The van der Waals surface area contributed by atoms with Crippen molar-refractivity contribution in [2.24, 2.45) is 0 Å². The fourth-order valence-corrected chi connectivity index (χ4v) is 5.01. The van der Waals surface area contributed by atoms with Crippen LogP contribution in [0.1, 0.15) is 17.7 Å². The van der Waals surface area contributed by atoms with E-state index in [0.717, 1.165) is 40.7 Å². The molecular formula is C18H18N4O3S2. The van der Waals surface area contributed by atoms with Crippen molar-refractivity contribution in [3.05, 3.63) is 46.0 Å². The maximum atomic E-state index is 12.3. The maximum Gasteiger partial charge on any atom is 0.348 e. The number of rotatable bonds is 6. The molecule has 0 aliphatic heterocycles. The standard InChI is InChI=1S/C18H18N4O3S2/c23-9-8-22-13-6-3-4-11(13)16(21-18(22)25)26-10-15(24)20-17-19-12-5-1-2-7-14(12)27-17/h1-2,5,7,23H,3-4,6,8-10H2,(H,19,20,24). The van der Waals surface area contributed by atoms with Crippen LogP contribution >= 0.6 is 23.1 Å². The minimum atomic E-state index is -0.362. The first-order valence-corrected chi connectivity index (χ1v) is 10.5. The van der Waals surface area contributed by atoms with Crippen LogP contribution in [0.3, 0.4) is 0 Å². The number of nitrogens with one attached hydrogen (secondary N) is 1. The fraction of sp³-hybridized carbons (Fsp3) is 0.333.